The maximum atomic E-state index is 12.2. The first-order valence-corrected chi connectivity index (χ1v) is 9.63. The fourth-order valence-corrected chi connectivity index (χ4v) is 4.06. The molecule has 2 aliphatic rings. The van der Waals surface area contributed by atoms with Crippen LogP contribution in [-0.2, 0) is 9.53 Å². The Morgan fingerprint density at radius 1 is 1.11 bits per heavy atom. The minimum atomic E-state index is -1.44. The van der Waals surface area contributed by atoms with Crippen LogP contribution < -0.4 is 0 Å². The molecule has 2 rings (SSSR count). The summed E-state index contributed by atoms with van der Waals surface area (Å²) in [6, 6.07) is 0. The van der Waals surface area contributed by atoms with E-state index in [2.05, 4.69) is 0 Å². The number of ether oxygens (including phenoxy) is 1. The third-order valence-corrected chi connectivity index (χ3v) is 6.02. The average Bonchev–Trinajstić information content (AvgIpc) is 2.68. The molecule has 8 heteroatoms. The number of carbonyl (C=O) groups excluding carboxylic acids is 1. The van der Waals surface area contributed by atoms with Crippen molar-refractivity contribution >= 4 is 5.78 Å². The zero-order chi connectivity index (χ0) is 21.1. The normalized spacial score (nSPS) is 37.3. The second-order valence-electron chi connectivity index (χ2n) is 8.08. The average molecular weight is 400 g/mol. The van der Waals surface area contributed by atoms with E-state index in [0.717, 1.165) is 5.57 Å². The number of hydrogen-bond donors (Lipinski definition) is 6. The number of Topliss-reactive ketones (excluding diaryl/α,β-unsaturated/α-hetero) is 1. The van der Waals surface area contributed by atoms with Crippen LogP contribution in [0.2, 0.25) is 0 Å². The van der Waals surface area contributed by atoms with Gasteiger partial charge in [0.2, 0.25) is 0 Å². The third-order valence-electron chi connectivity index (χ3n) is 6.02. The first-order valence-electron chi connectivity index (χ1n) is 9.63. The molecule has 6 N–H and O–H groups in total. The SMILES string of the molecule is CC1=C(C=CC(CO)CO)C(C)(C[C@@H]2O[C@H](CO)[C@@H](O)[C@H](O)[C@H]2O)CCC1=O. The third kappa shape index (κ3) is 4.71. The van der Waals surface area contributed by atoms with Crippen molar-refractivity contribution in [2.75, 3.05) is 19.8 Å². The lowest BCUT2D eigenvalue weighted by atomic mass is 9.66. The van der Waals surface area contributed by atoms with Gasteiger partial charge < -0.3 is 35.4 Å². The second-order valence-corrected chi connectivity index (χ2v) is 8.08. The van der Waals surface area contributed by atoms with E-state index in [1.807, 2.05) is 6.92 Å². The lowest BCUT2D eigenvalue weighted by Gasteiger charge is -2.45. The standard InChI is InChI=1S/C20H32O8/c1-11-13(4-3-12(8-21)9-22)20(2,6-5-14(11)24)7-15-17(25)19(27)18(26)16(10-23)28-15/h3-4,12,15-19,21-23,25-27H,5-10H2,1-2H3/t15-,16+,17-,18+,19+,20?/m0/s1. The maximum absolute atomic E-state index is 12.2. The van der Waals surface area contributed by atoms with Crippen LogP contribution >= 0.6 is 0 Å². The maximum Gasteiger partial charge on any atom is 0.158 e. The van der Waals surface area contributed by atoms with Gasteiger partial charge in [-0.25, -0.2) is 0 Å². The molecule has 160 valence electrons. The summed E-state index contributed by atoms with van der Waals surface area (Å²) in [5, 5.41) is 58.4. The largest absolute Gasteiger partial charge is 0.396 e. The molecule has 0 aromatic carbocycles. The molecular formula is C20H32O8. The number of aliphatic hydroxyl groups excluding tert-OH is 6. The van der Waals surface area contributed by atoms with Gasteiger partial charge in [-0.3, -0.25) is 4.79 Å². The summed E-state index contributed by atoms with van der Waals surface area (Å²) < 4.78 is 5.66. The summed E-state index contributed by atoms with van der Waals surface area (Å²) in [7, 11) is 0. The van der Waals surface area contributed by atoms with Gasteiger partial charge in [-0.15, -0.1) is 0 Å². The number of carbonyl (C=O) groups is 1. The van der Waals surface area contributed by atoms with Gasteiger partial charge in [-0.05, 0) is 36.3 Å². The van der Waals surface area contributed by atoms with Crippen molar-refractivity contribution in [3.05, 3.63) is 23.3 Å². The zero-order valence-electron chi connectivity index (χ0n) is 16.4. The van der Waals surface area contributed by atoms with Gasteiger partial charge in [0.05, 0.1) is 25.9 Å². The van der Waals surface area contributed by atoms with Crippen LogP contribution in [-0.4, -0.2) is 86.8 Å². The Morgan fingerprint density at radius 2 is 1.71 bits per heavy atom. The van der Waals surface area contributed by atoms with Gasteiger partial charge in [-0.2, -0.15) is 0 Å². The molecule has 1 fully saturated rings. The Balaban J connectivity index is 2.31. The molecule has 1 aliphatic carbocycles. The molecular weight excluding hydrogens is 368 g/mol. The Labute approximate surface area is 164 Å². The molecule has 0 spiro atoms. The number of allylic oxidation sites excluding steroid dienone is 3. The molecule has 0 radical (unpaired) electrons. The van der Waals surface area contributed by atoms with E-state index in [-0.39, 0.29) is 25.4 Å². The number of hydrogen-bond acceptors (Lipinski definition) is 8. The minimum absolute atomic E-state index is 0.00970. The molecule has 0 bridgehead atoms. The summed E-state index contributed by atoms with van der Waals surface area (Å²) in [5.74, 6) is -0.440. The summed E-state index contributed by atoms with van der Waals surface area (Å²) >= 11 is 0. The number of ketones is 1. The highest BCUT2D eigenvalue weighted by Crippen LogP contribution is 2.45. The van der Waals surface area contributed by atoms with Gasteiger partial charge in [-0.1, -0.05) is 19.1 Å². The fraction of sp³-hybridized carbons (Fsp3) is 0.750. The first kappa shape index (κ1) is 23.2. The summed E-state index contributed by atoms with van der Waals surface area (Å²) in [6.07, 6.45) is -1.52. The van der Waals surface area contributed by atoms with Gasteiger partial charge in [0.1, 0.15) is 24.4 Å². The van der Waals surface area contributed by atoms with Gasteiger partial charge >= 0.3 is 0 Å². The van der Waals surface area contributed by atoms with E-state index in [4.69, 9.17) is 4.74 Å². The molecule has 1 aliphatic heterocycles. The zero-order valence-corrected chi connectivity index (χ0v) is 16.4. The van der Waals surface area contributed by atoms with Crippen LogP contribution in [0.5, 0.6) is 0 Å². The van der Waals surface area contributed by atoms with Crippen LogP contribution in [0, 0.1) is 11.3 Å². The quantitative estimate of drug-likeness (QED) is 0.321. The van der Waals surface area contributed by atoms with E-state index in [0.29, 0.717) is 18.4 Å². The monoisotopic (exact) mass is 400 g/mol. The van der Waals surface area contributed by atoms with Gasteiger partial charge in [0.15, 0.2) is 5.78 Å². The Morgan fingerprint density at radius 3 is 2.29 bits per heavy atom. The van der Waals surface area contributed by atoms with Crippen molar-refractivity contribution in [2.24, 2.45) is 11.3 Å². The summed E-state index contributed by atoms with van der Waals surface area (Å²) in [6.45, 7) is 2.71. The fourth-order valence-electron chi connectivity index (χ4n) is 4.06. The van der Waals surface area contributed by atoms with Gasteiger partial charge in [0, 0.05) is 12.3 Å². The van der Waals surface area contributed by atoms with Crippen LogP contribution in [0.3, 0.4) is 0 Å². The highest BCUT2D eigenvalue weighted by Gasteiger charge is 2.47. The van der Waals surface area contributed by atoms with Gasteiger partial charge in [0.25, 0.3) is 0 Å². The Bertz CT molecular complexity index is 609. The summed E-state index contributed by atoms with van der Waals surface area (Å²) in [4.78, 5) is 12.2. The van der Waals surface area contributed by atoms with Crippen molar-refractivity contribution in [1.29, 1.82) is 0 Å². The summed E-state index contributed by atoms with van der Waals surface area (Å²) in [5.41, 5.74) is 0.731. The predicted molar refractivity (Wildman–Crippen MR) is 100 cm³/mol. The lowest BCUT2D eigenvalue weighted by molar-refractivity contribution is -0.234. The van der Waals surface area contributed by atoms with E-state index in [9.17, 15) is 35.4 Å². The van der Waals surface area contributed by atoms with Crippen molar-refractivity contribution in [3.63, 3.8) is 0 Å². The molecule has 1 heterocycles. The van der Waals surface area contributed by atoms with Crippen LogP contribution in [0.1, 0.15) is 33.1 Å². The molecule has 0 saturated carbocycles. The first-order chi connectivity index (χ1) is 13.2. The molecule has 0 amide bonds. The Kier molecular flexibility index (Phi) is 7.92. The molecule has 0 aromatic rings. The van der Waals surface area contributed by atoms with Crippen molar-refractivity contribution < 1.29 is 40.2 Å². The number of aliphatic hydroxyl groups is 6. The predicted octanol–water partition coefficient (Wildman–Crippen LogP) is -0.938. The molecule has 0 aromatic heterocycles. The molecule has 1 saturated heterocycles. The van der Waals surface area contributed by atoms with Crippen LogP contribution in [0.25, 0.3) is 0 Å². The molecule has 6 atom stereocenters. The van der Waals surface area contributed by atoms with Crippen LogP contribution in [0.15, 0.2) is 23.3 Å². The molecule has 8 nitrogen and oxygen atoms in total. The molecule has 1 unspecified atom stereocenters. The van der Waals surface area contributed by atoms with E-state index < -0.39 is 48.5 Å². The smallest absolute Gasteiger partial charge is 0.158 e. The minimum Gasteiger partial charge on any atom is -0.396 e. The van der Waals surface area contributed by atoms with Crippen molar-refractivity contribution in [3.8, 4) is 0 Å². The lowest BCUT2D eigenvalue weighted by Crippen LogP contribution is -2.59. The van der Waals surface area contributed by atoms with E-state index in [1.165, 1.54) is 0 Å². The number of rotatable bonds is 7. The Hall–Kier alpha value is -1.13. The highest BCUT2D eigenvalue weighted by atomic mass is 16.5. The van der Waals surface area contributed by atoms with Crippen LogP contribution in [0.4, 0.5) is 0 Å². The van der Waals surface area contributed by atoms with E-state index in [1.54, 1.807) is 19.1 Å². The topological polar surface area (TPSA) is 148 Å². The van der Waals surface area contributed by atoms with Crippen molar-refractivity contribution in [2.45, 2.75) is 63.6 Å². The van der Waals surface area contributed by atoms with Crippen molar-refractivity contribution in [1.82, 2.24) is 0 Å². The van der Waals surface area contributed by atoms with E-state index >= 15 is 0 Å². The molecule has 28 heavy (non-hydrogen) atoms. The second kappa shape index (κ2) is 9.58. The highest BCUT2D eigenvalue weighted by molar-refractivity contribution is 5.97.